The largest absolute Gasteiger partial charge is 0.497 e. The van der Waals surface area contributed by atoms with Crippen molar-refractivity contribution < 1.29 is 18.7 Å². The summed E-state index contributed by atoms with van der Waals surface area (Å²) >= 11 is 6.20. The Morgan fingerprint density at radius 3 is 2.66 bits per heavy atom. The molecule has 2 aromatic carbocycles. The van der Waals surface area contributed by atoms with Gasteiger partial charge in [-0.25, -0.2) is 4.98 Å². The SMILES string of the molecule is COc1ccc(-c2cnc(CCC(=O)Nc3cccc(Cl)c3OC(C)C)o2)cc1. The summed E-state index contributed by atoms with van der Waals surface area (Å²) in [4.78, 5) is 16.7. The van der Waals surface area contributed by atoms with Crippen LogP contribution in [0.5, 0.6) is 11.5 Å². The zero-order valence-electron chi connectivity index (χ0n) is 16.6. The minimum atomic E-state index is -0.176. The number of aryl methyl sites for hydroxylation is 1. The van der Waals surface area contributed by atoms with Crippen molar-refractivity contribution >= 4 is 23.2 Å². The fourth-order valence-electron chi connectivity index (χ4n) is 2.71. The second-order valence-electron chi connectivity index (χ2n) is 6.68. The van der Waals surface area contributed by atoms with Crippen LogP contribution in [0.25, 0.3) is 11.3 Å². The van der Waals surface area contributed by atoms with Gasteiger partial charge in [0.05, 0.1) is 30.1 Å². The molecule has 0 radical (unpaired) electrons. The highest BCUT2D eigenvalue weighted by Gasteiger charge is 2.14. The maximum absolute atomic E-state index is 12.4. The number of carbonyl (C=O) groups excluding carboxylic acids is 1. The summed E-state index contributed by atoms with van der Waals surface area (Å²) in [6.07, 6.45) is 2.19. The molecule has 29 heavy (non-hydrogen) atoms. The van der Waals surface area contributed by atoms with Gasteiger partial charge in [0.25, 0.3) is 0 Å². The highest BCUT2D eigenvalue weighted by atomic mass is 35.5. The lowest BCUT2D eigenvalue weighted by atomic mass is 10.2. The van der Waals surface area contributed by atoms with Gasteiger partial charge in [-0.05, 0) is 50.2 Å². The number of hydrogen-bond donors (Lipinski definition) is 1. The van der Waals surface area contributed by atoms with E-state index in [0.29, 0.717) is 34.5 Å². The van der Waals surface area contributed by atoms with Gasteiger partial charge >= 0.3 is 0 Å². The number of ether oxygens (including phenoxy) is 2. The Hall–Kier alpha value is -2.99. The van der Waals surface area contributed by atoms with Gasteiger partial charge in [0.2, 0.25) is 5.91 Å². The summed E-state index contributed by atoms with van der Waals surface area (Å²) in [6.45, 7) is 3.80. The fraction of sp³-hybridized carbons (Fsp3) is 0.273. The van der Waals surface area contributed by atoms with Crippen LogP contribution in [0.4, 0.5) is 5.69 Å². The van der Waals surface area contributed by atoms with Crippen LogP contribution in [0.3, 0.4) is 0 Å². The van der Waals surface area contributed by atoms with Gasteiger partial charge in [-0.3, -0.25) is 4.79 Å². The second-order valence-corrected chi connectivity index (χ2v) is 7.09. The van der Waals surface area contributed by atoms with E-state index in [0.717, 1.165) is 11.3 Å². The molecule has 0 saturated carbocycles. The smallest absolute Gasteiger partial charge is 0.224 e. The van der Waals surface area contributed by atoms with E-state index in [4.69, 9.17) is 25.5 Å². The molecule has 3 aromatic rings. The third-order valence-electron chi connectivity index (χ3n) is 4.09. The number of halogens is 1. The molecule has 7 heteroatoms. The van der Waals surface area contributed by atoms with E-state index in [1.54, 1.807) is 31.5 Å². The molecule has 0 atom stereocenters. The van der Waals surface area contributed by atoms with Crippen molar-refractivity contribution in [3.63, 3.8) is 0 Å². The number of benzene rings is 2. The number of rotatable bonds is 8. The van der Waals surface area contributed by atoms with E-state index in [1.165, 1.54) is 0 Å². The molecule has 0 spiro atoms. The number of para-hydroxylation sites is 1. The molecule has 152 valence electrons. The van der Waals surface area contributed by atoms with Crippen molar-refractivity contribution in [1.29, 1.82) is 0 Å². The van der Waals surface area contributed by atoms with E-state index >= 15 is 0 Å². The summed E-state index contributed by atoms with van der Waals surface area (Å²) < 4.78 is 16.6. The first-order chi connectivity index (χ1) is 14.0. The van der Waals surface area contributed by atoms with Crippen molar-refractivity contribution in [2.75, 3.05) is 12.4 Å². The summed E-state index contributed by atoms with van der Waals surface area (Å²) in [7, 11) is 1.62. The summed E-state index contributed by atoms with van der Waals surface area (Å²) in [5.74, 6) is 2.20. The van der Waals surface area contributed by atoms with Crippen LogP contribution in [0.1, 0.15) is 26.2 Å². The van der Waals surface area contributed by atoms with E-state index < -0.39 is 0 Å². The summed E-state index contributed by atoms with van der Waals surface area (Å²) in [5.41, 5.74) is 1.44. The Kier molecular flexibility index (Phi) is 6.77. The molecule has 1 N–H and O–H groups in total. The van der Waals surface area contributed by atoms with Crippen LogP contribution in [-0.2, 0) is 11.2 Å². The lowest BCUT2D eigenvalue weighted by Crippen LogP contribution is -2.15. The van der Waals surface area contributed by atoms with Crippen LogP contribution in [-0.4, -0.2) is 24.1 Å². The fourth-order valence-corrected chi connectivity index (χ4v) is 2.93. The molecular formula is C22H23ClN2O4. The highest BCUT2D eigenvalue weighted by Crippen LogP contribution is 2.34. The minimum Gasteiger partial charge on any atom is -0.497 e. The number of nitrogens with zero attached hydrogens (tertiary/aromatic N) is 1. The Balaban J connectivity index is 1.60. The van der Waals surface area contributed by atoms with E-state index in [1.807, 2.05) is 38.1 Å². The summed E-state index contributed by atoms with van der Waals surface area (Å²) in [5, 5.41) is 3.30. The Labute approximate surface area is 174 Å². The lowest BCUT2D eigenvalue weighted by Gasteiger charge is -2.16. The zero-order chi connectivity index (χ0) is 20.8. The molecule has 0 aliphatic heterocycles. The van der Waals surface area contributed by atoms with Crippen molar-refractivity contribution in [2.24, 2.45) is 0 Å². The van der Waals surface area contributed by atoms with Gasteiger partial charge in [0.15, 0.2) is 17.4 Å². The molecule has 3 rings (SSSR count). The number of aromatic nitrogens is 1. The second kappa shape index (κ2) is 9.47. The number of amides is 1. The molecular weight excluding hydrogens is 392 g/mol. The van der Waals surface area contributed by atoms with Crippen LogP contribution in [0.15, 0.2) is 53.1 Å². The standard InChI is InChI=1S/C22H23ClN2O4/c1-14(2)28-22-17(23)5-4-6-18(22)25-20(26)11-12-21-24-13-19(29-21)15-7-9-16(27-3)10-8-15/h4-10,13-14H,11-12H2,1-3H3,(H,25,26). The number of oxazole rings is 1. The normalized spacial score (nSPS) is 10.8. The number of hydrogen-bond acceptors (Lipinski definition) is 5. The highest BCUT2D eigenvalue weighted by molar-refractivity contribution is 6.32. The lowest BCUT2D eigenvalue weighted by molar-refractivity contribution is -0.116. The summed E-state index contributed by atoms with van der Waals surface area (Å²) in [6, 6.07) is 12.7. The first-order valence-electron chi connectivity index (χ1n) is 9.30. The van der Waals surface area contributed by atoms with E-state index in [9.17, 15) is 4.79 Å². The van der Waals surface area contributed by atoms with Crippen molar-refractivity contribution in [3.8, 4) is 22.8 Å². The monoisotopic (exact) mass is 414 g/mol. The van der Waals surface area contributed by atoms with Crippen molar-refractivity contribution in [3.05, 3.63) is 59.6 Å². The molecule has 0 unspecified atom stereocenters. The van der Waals surface area contributed by atoms with Crippen molar-refractivity contribution in [2.45, 2.75) is 32.8 Å². The molecule has 0 bridgehead atoms. The average Bonchev–Trinajstić information content (AvgIpc) is 3.18. The Bertz CT molecular complexity index is 967. The predicted molar refractivity (Wildman–Crippen MR) is 113 cm³/mol. The number of nitrogens with one attached hydrogen (secondary N) is 1. The van der Waals surface area contributed by atoms with Crippen LogP contribution >= 0.6 is 11.6 Å². The van der Waals surface area contributed by atoms with Crippen LogP contribution < -0.4 is 14.8 Å². The molecule has 0 aliphatic rings. The first kappa shape index (κ1) is 20.7. The zero-order valence-corrected chi connectivity index (χ0v) is 17.3. The maximum atomic E-state index is 12.4. The van der Waals surface area contributed by atoms with Gasteiger partial charge in [-0.1, -0.05) is 17.7 Å². The molecule has 6 nitrogen and oxygen atoms in total. The molecule has 1 amide bonds. The molecule has 0 saturated heterocycles. The number of methoxy groups -OCH3 is 1. The molecule has 1 heterocycles. The molecule has 0 aliphatic carbocycles. The predicted octanol–water partition coefficient (Wildman–Crippen LogP) is 5.36. The third-order valence-corrected chi connectivity index (χ3v) is 4.39. The Morgan fingerprint density at radius 1 is 1.21 bits per heavy atom. The number of anilines is 1. The third kappa shape index (κ3) is 5.51. The van der Waals surface area contributed by atoms with Gasteiger partial charge < -0.3 is 19.2 Å². The van der Waals surface area contributed by atoms with Gasteiger partial charge in [0, 0.05) is 18.4 Å². The van der Waals surface area contributed by atoms with Crippen LogP contribution in [0.2, 0.25) is 5.02 Å². The quantitative estimate of drug-likeness (QED) is 0.537. The van der Waals surface area contributed by atoms with E-state index in [2.05, 4.69) is 10.3 Å². The van der Waals surface area contributed by atoms with E-state index in [-0.39, 0.29) is 18.4 Å². The van der Waals surface area contributed by atoms with Crippen molar-refractivity contribution in [1.82, 2.24) is 4.98 Å². The van der Waals surface area contributed by atoms with Gasteiger partial charge in [0.1, 0.15) is 5.75 Å². The van der Waals surface area contributed by atoms with Gasteiger partial charge in [-0.15, -0.1) is 0 Å². The topological polar surface area (TPSA) is 73.6 Å². The molecule has 1 aromatic heterocycles. The first-order valence-corrected chi connectivity index (χ1v) is 9.68. The average molecular weight is 415 g/mol. The number of carbonyl (C=O) groups is 1. The maximum Gasteiger partial charge on any atom is 0.224 e. The minimum absolute atomic E-state index is 0.0609. The Morgan fingerprint density at radius 2 is 1.97 bits per heavy atom. The molecule has 0 fully saturated rings. The van der Waals surface area contributed by atoms with Crippen LogP contribution in [0, 0.1) is 0 Å². The van der Waals surface area contributed by atoms with Gasteiger partial charge in [-0.2, -0.15) is 0 Å².